The molecule has 0 bridgehead atoms. The minimum Gasteiger partial charge on any atom is -0.206 e. The molecule has 0 spiro atoms. The van der Waals surface area contributed by atoms with Gasteiger partial charge in [0.05, 0.1) is 0 Å². The fourth-order valence-electron chi connectivity index (χ4n) is 5.24. The molecule has 3 aromatic carbocycles. The molecule has 3 aromatic rings. The molecule has 1 fully saturated rings. The Morgan fingerprint density at radius 3 is 2.21 bits per heavy atom. The van der Waals surface area contributed by atoms with Gasteiger partial charge in [0.2, 0.25) is 0 Å². The van der Waals surface area contributed by atoms with Crippen LogP contribution >= 0.6 is 0 Å². The number of hydrogen-bond donors (Lipinski definition) is 0. The molecule has 0 heterocycles. The lowest BCUT2D eigenvalue weighted by Crippen LogP contribution is -2.14. The van der Waals surface area contributed by atoms with Gasteiger partial charge in [-0.05, 0) is 91.1 Å². The van der Waals surface area contributed by atoms with Crippen molar-refractivity contribution in [1.82, 2.24) is 0 Å². The van der Waals surface area contributed by atoms with Gasteiger partial charge >= 0.3 is 0 Å². The average Bonchev–Trinajstić information content (AvgIpc) is 2.86. The normalized spacial score (nSPS) is 18.2. The van der Waals surface area contributed by atoms with Crippen molar-refractivity contribution in [2.75, 3.05) is 0 Å². The highest BCUT2D eigenvalue weighted by atomic mass is 19.1. The number of halogens is 1. The molecule has 1 aliphatic rings. The van der Waals surface area contributed by atoms with E-state index in [9.17, 15) is 0 Å². The molecule has 0 aliphatic heterocycles. The van der Waals surface area contributed by atoms with E-state index in [0.717, 1.165) is 52.6 Å². The third-order valence-corrected chi connectivity index (χ3v) is 7.36. The molecular formula is C32H37F. The first-order valence-corrected chi connectivity index (χ1v) is 13.0. The summed E-state index contributed by atoms with van der Waals surface area (Å²) in [6, 6.07) is 18.6. The van der Waals surface area contributed by atoms with Crippen molar-refractivity contribution in [2.24, 2.45) is 5.92 Å². The van der Waals surface area contributed by atoms with Crippen LogP contribution < -0.4 is 0 Å². The Labute approximate surface area is 199 Å². The number of unbranched alkanes of at least 4 members (excludes halogenated alkanes) is 2. The molecule has 0 unspecified atom stereocenters. The van der Waals surface area contributed by atoms with Crippen molar-refractivity contribution >= 4 is 10.8 Å². The molecule has 0 atom stereocenters. The molecule has 0 aromatic heterocycles. The second-order valence-electron chi connectivity index (χ2n) is 9.82. The fourth-order valence-corrected chi connectivity index (χ4v) is 5.24. The third kappa shape index (κ3) is 6.05. The van der Waals surface area contributed by atoms with Gasteiger partial charge in [-0.25, -0.2) is 4.39 Å². The van der Waals surface area contributed by atoms with Gasteiger partial charge in [0.15, 0.2) is 0 Å². The van der Waals surface area contributed by atoms with E-state index in [0.29, 0.717) is 5.92 Å². The van der Waals surface area contributed by atoms with Crippen molar-refractivity contribution in [2.45, 2.75) is 84.0 Å². The maximum atomic E-state index is 15.4. The molecule has 4 rings (SSSR count). The predicted octanol–water partition coefficient (Wildman–Crippen LogP) is 9.19. The van der Waals surface area contributed by atoms with E-state index in [1.54, 1.807) is 0 Å². The number of rotatable bonds is 7. The fraction of sp³-hybridized carbons (Fsp3) is 0.438. The van der Waals surface area contributed by atoms with E-state index in [2.05, 4.69) is 56.0 Å². The first kappa shape index (κ1) is 23.6. The Kier molecular flexibility index (Phi) is 8.22. The molecule has 0 radical (unpaired) electrons. The summed E-state index contributed by atoms with van der Waals surface area (Å²) in [5.41, 5.74) is 4.24. The summed E-state index contributed by atoms with van der Waals surface area (Å²) >= 11 is 0. The Bertz CT molecular complexity index is 1100. The van der Waals surface area contributed by atoms with Gasteiger partial charge in [0.25, 0.3) is 0 Å². The summed E-state index contributed by atoms with van der Waals surface area (Å²) in [6.45, 7) is 4.48. The molecule has 0 saturated heterocycles. The highest BCUT2D eigenvalue weighted by molar-refractivity contribution is 5.85. The predicted molar refractivity (Wildman–Crippen MR) is 139 cm³/mol. The van der Waals surface area contributed by atoms with E-state index < -0.39 is 0 Å². The standard InChI is InChI=1S/C32H37F/c1-3-5-7-24-9-11-26(12-10-24)13-14-27-17-21-31-29(23-27)20-22-30(32(31)33)28-18-15-25(16-19-28)8-6-4-2/h9-12,17,20-23,25,28H,3-8,15-16,18-19H2,1-2H3. The van der Waals surface area contributed by atoms with Crippen LogP contribution in [0.5, 0.6) is 0 Å². The molecule has 0 amide bonds. The summed E-state index contributed by atoms with van der Waals surface area (Å²) in [6.07, 6.45) is 12.2. The second kappa shape index (κ2) is 11.5. The lowest BCUT2D eigenvalue weighted by atomic mass is 9.76. The van der Waals surface area contributed by atoms with Crippen LogP contribution in [0.2, 0.25) is 0 Å². The van der Waals surface area contributed by atoms with Crippen molar-refractivity contribution in [3.63, 3.8) is 0 Å². The summed E-state index contributed by atoms with van der Waals surface area (Å²) in [5.74, 6) is 7.72. The molecule has 33 heavy (non-hydrogen) atoms. The quantitative estimate of drug-likeness (QED) is 0.321. The topological polar surface area (TPSA) is 0 Å². The van der Waals surface area contributed by atoms with Crippen molar-refractivity contribution in [1.29, 1.82) is 0 Å². The van der Waals surface area contributed by atoms with E-state index in [4.69, 9.17) is 0 Å². The number of fused-ring (bicyclic) bond motifs is 1. The largest absolute Gasteiger partial charge is 0.206 e. The van der Waals surface area contributed by atoms with Crippen LogP contribution in [-0.4, -0.2) is 0 Å². The summed E-state index contributed by atoms with van der Waals surface area (Å²) in [5, 5.41) is 1.67. The molecule has 172 valence electrons. The Balaban J connectivity index is 1.46. The SMILES string of the molecule is CCCCc1ccc(C#Cc2ccc3c(F)c(C4CCC(CCCC)CC4)ccc3c2)cc1. The van der Waals surface area contributed by atoms with Gasteiger partial charge in [-0.1, -0.05) is 81.7 Å². The van der Waals surface area contributed by atoms with Crippen LogP contribution in [0.15, 0.2) is 54.6 Å². The summed E-state index contributed by atoms with van der Waals surface area (Å²) < 4.78 is 15.4. The zero-order valence-corrected chi connectivity index (χ0v) is 20.3. The molecule has 1 saturated carbocycles. The highest BCUT2D eigenvalue weighted by Gasteiger charge is 2.24. The zero-order valence-electron chi connectivity index (χ0n) is 20.3. The minimum atomic E-state index is -0.0216. The molecular weight excluding hydrogens is 403 g/mol. The van der Waals surface area contributed by atoms with E-state index in [1.165, 1.54) is 50.5 Å². The van der Waals surface area contributed by atoms with Gasteiger partial charge in [0, 0.05) is 16.5 Å². The molecule has 0 nitrogen and oxygen atoms in total. The summed E-state index contributed by atoms with van der Waals surface area (Å²) in [4.78, 5) is 0. The molecule has 0 N–H and O–H groups in total. The Hall–Kier alpha value is -2.59. The van der Waals surface area contributed by atoms with E-state index in [-0.39, 0.29) is 5.82 Å². The number of hydrogen-bond acceptors (Lipinski definition) is 0. The first-order valence-electron chi connectivity index (χ1n) is 13.0. The maximum absolute atomic E-state index is 15.4. The van der Waals surface area contributed by atoms with Gasteiger partial charge in [-0.3, -0.25) is 0 Å². The van der Waals surface area contributed by atoms with Gasteiger partial charge in [-0.2, -0.15) is 0 Å². The molecule has 1 aliphatic carbocycles. The zero-order chi connectivity index (χ0) is 23.0. The van der Waals surface area contributed by atoms with E-state index in [1.807, 2.05) is 24.3 Å². The number of benzene rings is 3. The lowest BCUT2D eigenvalue weighted by molar-refractivity contribution is 0.301. The average molecular weight is 441 g/mol. The van der Waals surface area contributed by atoms with Gasteiger partial charge in [-0.15, -0.1) is 0 Å². The van der Waals surface area contributed by atoms with Crippen LogP contribution in [0.1, 0.15) is 99.8 Å². The van der Waals surface area contributed by atoms with E-state index >= 15 is 4.39 Å². The monoisotopic (exact) mass is 440 g/mol. The van der Waals surface area contributed by atoms with Crippen LogP contribution in [0.3, 0.4) is 0 Å². The first-order chi connectivity index (χ1) is 16.2. The summed E-state index contributed by atoms with van der Waals surface area (Å²) in [7, 11) is 0. The smallest absolute Gasteiger partial charge is 0.134 e. The lowest BCUT2D eigenvalue weighted by Gasteiger charge is -2.29. The van der Waals surface area contributed by atoms with Crippen molar-refractivity contribution < 1.29 is 4.39 Å². The van der Waals surface area contributed by atoms with Crippen LogP contribution in [0.4, 0.5) is 4.39 Å². The second-order valence-corrected chi connectivity index (χ2v) is 9.82. The van der Waals surface area contributed by atoms with Crippen LogP contribution in [-0.2, 0) is 6.42 Å². The van der Waals surface area contributed by atoms with Crippen molar-refractivity contribution in [3.05, 3.63) is 82.7 Å². The van der Waals surface area contributed by atoms with Gasteiger partial charge < -0.3 is 0 Å². The van der Waals surface area contributed by atoms with Crippen molar-refractivity contribution in [3.8, 4) is 11.8 Å². The highest BCUT2D eigenvalue weighted by Crippen LogP contribution is 2.39. The Morgan fingerprint density at radius 2 is 1.48 bits per heavy atom. The Morgan fingerprint density at radius 1 is 0.788 bits per heavy atom. The van der Waals surface area contributed by atoms with Crippen LogP contribution in [0.25, 0.3) is 10.8 Å². The molecule has 1 heteroatoms. The third-order valence-electron chi connectivity index (χ3n) is 7.36. The maximum Gasteiger partial charge on any atom is 0.134 e. The van der Waals surface area contributed by atoms with Crippen LogP contribution in [0, 0.1) is 23.6 Å². The minimum absolute atomic E-state index is 0.0216. The van der Waals surface area contributed by atoms with Gasteiger partial charge in [0.1, 0.15) is 5.82 Å². The number of aryl methyl sites for hydroxylation is 1.